The van der Waals surface area contributed by atoms with E-state index in [2.05, 4.69) is 27.3 Å². The van der Waals surface area contributed by atoms with Crippen molar-refractivity contribution in [2.75, 3.05) is 49.5 Å². The Morgan fingerprint density at radius 2 is 1.81 bits per heavy atom. The van der Waals surface area contributed by atoms with Gasteiger partial charge in [-0.05, 0) is 31.2 Å². The normalized spacial score (nSPS) is 14.4. The van der Waals surface area contributed by atoms with E-state index in [1.54, 1.807) is 18.2 Å². The topological polar surface area (TPSA) is 68.6 Å². The zero-order chi connectivity index (χ0) is 19.1. The minimum atomic E-state index is -0.0964. The molecule has 27 heavy (non-hydrogen) atoms. The van der Waals surface area contributed by atoms with Crippen molar-refractivity contribution in [3.63, 3.8) is 0 Å². The molecule has 1 aliphatic rings. The quantitative estimate of drug-likeness (QED) is 0.854. The van der Waals surface area contributed by atoms with Crippen molar-refractivity contribution in [3.8, 4) is 11.8 Å². The summed E-state index contributed by atoms with van der Waals surface area (Å²) in [6, 6.07) is 17.2. The standard InChI is InChI=1S/C21H24N4O2/c1-2-27-20-10-6-5-9-19(20)25-13-11-24(12-14-25)16-21(26)23-18-8-4-3-7-17(18)15-22/h3-10H,2,11-14,16H2,1H3,(H,23,26). The van der Waals surface area contributed by atoms with Crippen molar-refractivity contribution in [1.29, 1.82) is 5.26 Å². The lowest BCUT2D eigenvalue weighted by atomic mass is 10.2. The Balaban J connectivity index is 1.54. The molecule has 1 heterocycles. The number of anilines is 2. The Bertz CT molecular complexity index is 823. The van der Waals surface area contributed by atoms with Crippen LogP contribution in [0.15, 0.2) is 48.5 Å². The third-order valence-corrected chi connectivity index (χ3v) is 4.57. The van der Waals surface area contributed by atoms with Crippen LogP contribution in [0.4, 0.5) is 11.4 Å². The number of hydrogen-bond donors (Lipinski definition) is 1. The van der Waals surface area contributed by atoms with Crippen LogP contribution in [0.25, 0.3) is 0 Å². The molecule has 1 amide bonds. The van der Waals surface area contributed by atoms with Crippen LogP contribution in [-0.2, 0) is 4.79 Å². The SMILES string of the molecule is CCOc1ccccc1N1CCN(CC(=O)Nc2ccccc2C#N)CC1. The van der Waals surface area contributed by atoms with Gasteiger partial charge in [0.2, 0.25) is 5.91 Å². The smallest absolute Gasteiger partial charge is 0.238 e. The first kappa shape index (κ1) is 18.7. The molecule has 0 spiro atoms. The van der Waals surface area contributed by atoms with E-state index in [4.69, 9.17) is 10.00 Å². The van der Waals surface area contributed by atoms with Crippen LogP contribution in [-0.4, -0.2) is 50.1 Å². The molecule has 0 unspecified atom stereocenters. The van der Waals surface area contributed by atoms with Gasteiger partial charge in [-0.1, -0.05) is 24.3 Å². The number of nitrogens with one attached hydrogen (secondary N) is 1. The van der Waals surface area contributed by atoms with Gasteiger partial charge >= 0.3 is 0 Å². The summed E-state index contributed by atoms with van der Waals surface area (Å²) in [6.45, 7) is 6.22. The molecule has 140 valence electrons. The highest BCUT2D eigenvalue weighted by Crippen LogP contribution is 2.28. The molecule has 0 saturated carbocycles. The van der Waals surface area contributed by atoms with Crippen LogP contribution in [0.2, 0.25) is 0 Å². The van der Waals surface area contributed by atoms with Crippen LogP contribution >= 0.6 is 0 Å². The molecular formula is C21H24N4O2. The fourth-order valence-electron chi connectivity index (χ4n) is 3.23. The van der Waals surface area contributed by atoms with Crippen molar-refractivity contribution in [1.82, 2.24) is 4.90 Å². The van der Waals surface area contributed by atoms with Crippen molar-refractivity contribution >= 4 is 17.3 Å². The van der Waals surface area contributed by atoms with E-state index in [1.165, 1.54) is 0 Å². The maximum atomic E-state index is 12.3. The number of hydrogen-bond acceptors (Lipinski definition) is 5. The second-order valence-corrected chi connectivity index (χ2v) is 6.37. The monoisotopic (exact) mass is 364 g/mol. The van der Waals surface area contributed by atoms with Crippen LogP contribution in [0, 0.1) is 11.3 Å². The first-order chi connectivity index (χ1) is 13.2. The second-order valence-electron chi connectivity index (χ2n) is 6.37. The number of amides is 1. The Hall–Kier alpha value is -3.04. The molecule has 6 heteroatoms. The van der Waals surface area contributed by atoms with Crippen molar-refractivity contribution in [3.05, 3.63) is 54.1 Å². The van der Waals surface area contributed by atoms with Gasteiger partial charge in [0, 0.05) is 26.2 Å². The third-order valence-electron chi connectivity index (χ3n) is 4.57. The summed E-state index contributed by atoms with van der Waals surface area (Å²) >= 11 is 0. The van der Waals surface area contributed by atoms with Crippen LogP contribution in [0.3, 0.4) is 0 Å². The number of benzene rings is 2. The number of para-hydroxylation sites is 3. The highest BCUT2D eigenvalue weighted by atomic mass is 16.5. The lowest BCUT2D eigenvalue weighted by Gasteiger charge is -2.36. The molecule has 0 atom stereocenters. The minimum absolute atomic E-state index is 0.0964. The highest BCUT2D eigenvalue weighted by Gasteiger charge is 2.21. The zero-order valence-electron chi connectivity index (χ0n) is 15.5. The number of ether oxygens (including phenoxy) is 1. The number of piperazine rings is 1. The van der Waals surface area contributed by atoms with Gasteiger partial charge in [-0.3, -0.25) is 9.69 Å². The molecule has 0 aliphatic carbocycles. The van der Waals surface area contributed by atoms with Crippen LogP contribution < -0.4 is 15.0 Å². The molecule has 1 fully saturated rings. The first-order valence-electron chi connectivity index (χ1n) is 9.19. The van der Waals surface area contributed by atoms with Gasteiger partial charge in [0.05, 0.1) is 30.1 Å². The van der Waals surface area contributed by atoms with Crippen molar-refractivity contribution in [2.24, 2.45) is 0 Å². The Morgan fingerprint density at radius 1 is 1.11 bits per heavy atom. The number of carbonyl (C=O) groups excluding carboxylic acids is 1. The molecule has 6 nitrogen and oxygen atoms in total. The molecule has 0 bridgehead atoms. The lowest BCUT2D eigenvalue weighted by molar-refractivity contribution is -0.117. The van der Waals surface area contributed by atoms with Gasteiger partial charge in [0.15, 0.2) is 0 Å². The summed E-state index contributed by atoms with van der Waals surface area (Å²) in [5.74, 6) is 0.806. The fraction of sp³-hybridized carbons (Fsp3) is 0.333. The first-order valence-corrected chi connectivity index (χ1v) is 9.19. The predicted octanol–water partition coefficient (Wildman–Crippen LogP) is 2.72. The maximum Gasteiger partial charge on any atom is 0.238 e. The Morgan fingerprint density at radius 3 is 2.56 bits per heavy atom. The van der Waals surface area contributed by atoms with Gasteiger partial charge in [0.1, 0.15) is 11.8 Å². The molecule has 3 rings (SSSR count). The Kier molecular flexibility index (Phi) is 6.29. The summed E-state index contributed by atoms with van der Waals surface area (Å²) in [5, 5.41) is 12.0. The van der Waals surface area contributed by atoms with Gasteiger partial charge in [-0.2, -0.15) is 5.26 Å². The van der Waals surface area contributed by atoms with E-state index in [0.717, 1.165) is 37.6 Å². The van der Waals surface area contributed by atoms with E-state index in [9.17, 15) is 4.79 Å². The summed E-state index contributed by atoms with van der Waals surface area (Å²) < 4.78 is 5.72. The number of carbonyl (C=O) groups is 1. The molecular weight excluding hydrogens is 340 g/mol. The molecule has 2 aromatic rings. The van der Waals surface area contributed by atoms with Crippen LogP contribution in [0.1, 0.15) is 12.5 Å². The summed E-state index contributed by atoms with van der Waals surface area (Å²) in [4.78, 5) is 16.8. The average Bonchev–Trinajstić information content (AvgIpc) is 2.70. The highest BCUT2D eigenvalue weighted by molar-refractivity contribution is 5.93. The molecule has 2 aromatic carbocycles. The summed E-state index contributed by atoms with van der Waals surface area (Å²) in [7, 11) is 0. The zero-order valence-corrected chi connectivity index (χ0v) is 15.5. The van der Waals surface area contributed by atoms with E-state index in [0.29, 0.717) is 24.4 Å². The third kappa shape index (κ3) is 4.78. The van der Waals surface area contributed by atoms with Crippen molar-refractivity contribution < 1.29 is 9.53 Å². The van der Waals surface area contributed by atoms with Crippen molar-refractivity contribution in [2.45, 2.75) is 6.92 Å². The average molecular weight is 364 g/mol. The van der Waals surface area contributed by atoms with Gasteiger partial charge in [0.25, 0.3) is 0 Å². The van der Waals surface area contributed by atoms with Gasteiger partial charge < -0.3 is 15.0 Å². The van der Waals surface area contributed by atoms with Gasteiger partial charge in [-0.25, -0.2) is 0 Å². The van der Waals surface area contributed by atoms with E-state index in [1.807, 2.05) is 31.2 Å². The molecule has 1 N–H and O–H groups in total. The van der Waals surface area contributed by atoms with Crippen LogP contribution in [0.5, 0.6) is 5.75 Å². The van der Waals surface area contributed by atoms with Gasteiger partial charge in [-0.15, -0.1) is 0 Å². The van der Waals surface area contributed by atoms with E-state index >= 15 is 0 Å². The maximum absolute atomic E-state index is 12.3. The largest absolute Gasteiger partial charge is 0.492 e. The molecule has 0 radical (unpaired) electrons. The van der Waals surface area contributed by atoms with E-state index < -0.39 is 0 Å². The predicted molar refractivity (Wildman–Crippen MR) is 106 cm³/mol. The minimum Gasteiger partial charge on any atom is -0.492 e. The number of nitriles is 1. The molecule has 1 saturated heterocycles. The number of rotatable bonds is 6. The second kappa shape index (κ2) is 9.06. The summed E-state index contributed by atoms with van der Waals surface area (Å²) in [6.07, 6.45) is 0. The Labute approximate surface area is 160 Å². The summed E-state index contributed by atoms with van der Waals surface area (Å²) in [5.41, 5.74) is 2.14. The van der Waals surface area contributed by atoms with E-state index in [-0.39, 0.29) is 5.91 Å². The molecule has 1 aliphatic heterocycles. The number of nitrogens with zero attached hydrogens (tertiary/aromatic N) is 3. The lowest BCUT2D eigenvalue weighted by Crippen LogP contribution is -2.48. The fourth-order valence-corrected chi connectivity index (χ4v) is 3.23. The molecule has 0 aromatic heterocycles.